The van der Waals surface area contributed by atoms with Gasteiger partial charge in [-0.05, 0) is 37.6 Å². The number of para-hydroxylation sites is 1. The lowest BCUT2D eigenvalue weighted by Crippen LogP contribution is -2.23. The van der Waals surface area contributed by atoms with Crippen LogP contribution in [0.5, 0.6) is 0 Å². The third-order valence-electron chi connectivity index (χ3n) is 3.93. The number of fused-ring (bicyclic) bond motifs is 1. The zero-order valence-electron chi connectivity index (χ0n) is 12.5. The Kier molecular flexibility index (Phi) is 3.98. The van der Waals surface area contributed by atoms with Crippen molar-refractivity contribution in [3.63, 3.8) is 0 Å². The van der Waals surface area contributed by atoms with Crippen LogP contribution in [0.15, 0.2) is 60.8 Å². The summed E-state index contributed by atoms with van der Waals surface area (Å²) in [4.78, 5) is 4.53. The normalized spacial score (nSPS) is 12.5. The topological polar surface area (TPSA) is 24.9 Å². The first-order valence-electron chi connectivity index (χ1n) is 7.38. The molecule has 2 nitrogen and oxygen atoms in total. The molecule has 0 aliphatic heterocycles. The summed E-state index contributed by atoms with van der Waals surface area (Å²) in [6.07, 6.45) is 2.90. The molecule has 0 fully saturated rings. The average molecular weight is 276 g/mol. The standard InChI is InChI=1S/C19H20N2/c1-14(20-2)13-15-8-10-16(11-9-15)18-7-3-5-17-6-4-12-21-19(17)18/h3-12,14,20H,13H2,1-2H3. The molecule has 0 saturated carbocycles. The van der Waals surface area contributed by atoms with Crippen LogP contribution in [0.25, 0.3) is 22.0 Å². The smallest absolute Gasteiger partial charge is 0.0780 e. The number of hydrogen-bond donors (Lipinski definition) is 1. The zero-order valence-corrected chi connectivity index (χ0v) is 12.5. The van der Waals surface area contributed by atoms with Crippen LogP contribution in [-0.2, 0) is 6.42 Å². The summed E-state index contributed by atoms with van der Waals surface area (Å²) < 4.78 is 0. The summed E-state index contributed by atoms with van der Waals surface area (Å²) in [5.41, 5.74) is 4.84. The van der Waals surface area contributed by atoms with E-state index in [1.807, 2.05) is 19.3 Å². The van der Waals surface area contributed by atoms with Gasteiger partial charge in [0.25, 0.3) is 0 Å². The Morgan fingerprint density at radius 2 is 1.76 bits per heavy atom. The Labute approximate surface area is 125 Å². The molecular weight excluding hydrogens is 256 g/mol. The minimum atomic E-state index is 0.495. The second kappa shape index (κ2) is 6.06. The predicted molar refractivity (Wildman–Crippen MR) is 89.4 cm³/mol. The van der Waals surface area contributed by atoms with Crippen molar-refractivity contribution in [1.82, 2.24) is 10.3 Å². The van der Waals surface area contributed by atoms with Crippen molar-refractivity contribution in [3.05, 3.63) is 66.4 Å². The lowest BCUT2D eigenvalue weighted by atomic mass is 9.99. The van der Waals surface area contributed by atoms with Crippen LogP contribution >= 0.6 is 0 Å². The fraction of sp³-hybridized carbons (Fsp3) is 0.211. The predicted octanol–water partition coefficient (Wildman–Crippen LogP) is 4.05. The second-order valence-corrected chi connectivity index (χ2v) is 5.47. The van der Waals surface area contributed by atoms with E-state index in [-0.39, 0.29) is 0 Å². The Morgan fingerprint density at radius 1 is 1.00 bits per heavy atom. The molecule has 0 aliphatic carbocycles. The summed E-state index contributed by atoms with van der Waals surface area (Å²) in [5.74, 6) is 0. The van der Waals surface area contributed by atoms with Gasteiger partial charge in [0.05, 0.1) is 5.52 Å². The maximum atomic E-state index is 4.53. The maximum Gasteiger partial charge on any atom is 0.0780 e. The molecule has 106 valence electrons. The number of benzene rings is 2. The Morgan fingerprint density at radius 3 is 2.52 bits per heavy atom. The van der Waals surface area contributed by atoms with Crippen molar-refractivity contribution >= 4 is 10.9 Å². The van der Waals surface area contributed by atoms with Gasteiger partial charge in [0.2, 0.25) is 0 Å². The number of nitrogens with one attached hydrogen (secondary N) is 1. The highest BCUT2D eigenvalue weighted by Gasteiger charge is 2.05. The molecule has 0 bridgehead atoms. The molecule has 0 aliphatic rings. The van der Waals surface area contributed by atoms with E-state index in [0.717, 1.165) is 11.9 Å². The van der Waals surface area contributed by atoms with Crippen LogP contribution in [0.1, 0.15) is 12.5 Å². The fourth-order valence-electron chi connectivity index (χ4n) is 2.61. The number of hydrogen-bond acceptors (Lipinski definition) is 2. The summed E-state index contributed by atoms with van der Waals surface area (Å²) in [6.45, 7) is 2.20. The van der Waals surface area contributed by atoms with Gasteiger partial charge < -0.3 is 5.32 Å². The monoisotopic (exact) mass is 276 g/mol. The summed E-state index contributed by atoms with van der Waals surface area (Å²) >= 11 is 0. The van der Waals surface area contributed by atoms with Gasteiger partial charge in [-0.25, -0.2) is 0 Å². The van der Waals surface area contributed by atoms with Crippen molar-refractivity contribution in [3.8, 4) is 11.1 Å². The van der Waals surface area contributed by atoms with E-state index in [9.17, 15) is 0 Å². The molecule has 1 atom stereocenters. The quantitative estimate of drug-likeness (QED) is 0.777. The summed E-state index contributed by atoms with van der Waals surface area (Å²) in [7, 11) is 2.00. The average Bonchev–Trinajstić information content (AvgIpc) is 2.55. The van der Waals surface area contributed by atoms with Gasteiger partial charge >= 0.3 is 0 Å². The molecule has 3 aromatic rings. The molecule has 1 N–H and O–H groups in total. The largest absolute Gasteiger partial charge is 0.317 e. The number of rotatable bonds is 4. The van der Waals surface area contributed by atoms with E-state index in [1.54, 1.807) is 0 Å². The first kappa shape index (κ1) is 13.8. The van der Waals surface area contributed by atoms with Crippen molar-refractivity contribution in [2.24, 2.45) is 0 Å². The molecule has 3 rings (SSSR count). The molecule has 0 saturated heterocycles. The Hall–Kier alpha value is -2.19. The highest BCUT2D eigenvalue weighted by molar-refractivity contribution is 5.93. The Bertz CT molecular complexity index is 727. The van der Waals surface area contributed by atoms with E-state index >= 15 is 0 Å². The molecule has 2 heteroatoms. The molecule has 0 spiro atoms. The molecule has 21 heavy (non-hydrogen) atoms. The van der Waals surface area contributed by atoms with Crippen molar-refractivity contribution in [2.75, 3.05) is 7.05 Å². The molecule has 1 heterocycles. The number of nitrogens with zero attached hydrogens (tertiary/aromatic N) is 1. The molecule has 1 unspecified atom stereocenters. The number of likely N-dealkylation sites (N-methyl/N-ethyl adjacent to an activating group) is 1. The molecule has 1 aromatic heterocycles. The van der Waals surface area contributed by atoms with E-state index < -0.39 is 0 Å². The third-order valence-corrected chi connectivity index (χ3v) is 3.93. The molecular formula is C19H20N2. The molecule has 2 aromatic carbocycles. The fourth-order valence-corrected chi connectivity index (χ4v) is 2.61. The summed E-state index contributed by atoms with van der Waals surface area (Å²) in [6, 6.07) is 19.7. The van der Waals surface area contributed by atoms with Gasteiger partial charge in [0.1, 0.15) is 0 Å². The van der Waals surface area contributed by atoms with Gasteiger partial charge in [-0.1, -0.05) is 48.5 Å². The van der Waals surface area contributed by atoms with Gasteiger partial charge in [-0.3, -0.25) is 4.98 Å². The van der Waals surface area contributed by atoms with Crippen LogP contribution in [-0.4, -0.2) is 18.1 Å². The molecule has 0 amide bonds. The van der Waals surface area contributed by atoms with Crippen LogP contribution in [0.2, 0.25) is 0 Å². The van der Waals surface area contributed by atoms with Crippen LogP contribution in [0.4, 0.5) is 0 Å². The first-order valence-corrected chi connectivity index (χ1v) is 7.38. The first-order chi connectivity index (χ1) is 10.3. The minimum Gasteiger partial charge on any atom is -0.317 e. The van der Waals surface area contributed by atoms with E-state index in [2.05, 4.69) is 65.8 Å². The molecule has 0 radical (unpaired) electrons. The van der Waals surface area contributed by atoms with E-state index in [1.165, 1.54) is 22.1 Å². The number of aromatic nitrogens is 1. The number of pyridine rings is 1. The van der Waals surface area contributed by atoms with Gasteiger partial charge in [0.15, 0.2) is 0 Å². The van der Waals surface area contributed by atoms with Gasteiger partial charge in [-0.15, -0.1) is 0 Å². The highest BCUT2D eigenvalue weighted by atomic mass is 14.8. The second-order valence-electron chi connectivity index (χ2n) is 5.47. The highest BCUT2D eigenvalue weighted by Crippen LogP contribution is 2.27. The van der Waals surface area contributed by atoms with Crippen molar-refractivity contribution < 1.29 is 0 Å². The van der Waals surface area contributed by atoms with E-state index in [4.69, 9.17) is 0 Å². The van der Waals surface area contributed by atoms with E-state index in [0.29, 0.717) is 6.04 Å². The minimum absolute atomic E-state index is 0.495. The van der Waals surface area contributed by atoms with Gasteiger partial charge in [-0.2, -0.15) is 0 Å². The van der Waals surface area contributed by atoms with Crippen molar-refractivity contribution in [2.45, 2.75) is 19.4 Å². The Balaban J connectivity index is 1.96. The lowest BCUT2D eigenvalue weighted by molar-refractivity contribution is 0.608. The SMILES string of the molecule is CNC(C)Cc1ccc(-c2cccc3cccnc23)cc1. The van der Waals surface area contributed by atoms with Crippen LogP contribution < -0.4 is 5.32 Å². The van der Waals surface area contributed by atoms with Crippen LogP contribution in [0, 0.1) is 0 Å². The zero-order chi connectivity index (χ0) is 14.7. The summed E-state index contributed by atoms with van der Waals surface area (Å²) in [5, 5.41) is 4.46. The maximum absolute atomic E-state index is 4.53. The van der Waals surface area contributed by atoms with Gasteiger partial charge in [0, 0.05) is 23.2 Å². The van der Waals surface area contributed by atoms with Crippen LogP contribution in [0.3, 0.4) is 0 Å². The lowest BCUT2D eigenvalue weighted by Gasteiger charge is -2.11. The third kappa shape index (κ3) is 2.96. The van der Waals surface area contributed by atoms with Crippen molar-refractivity contribution in [1.29, 1.82) is 0 Å².